The van der Waals surface area contributed by atoms with Gasteiger partial charge in [0.25, 0.3) is 0 Å². The van der Waals surface area contributed by atoms with Crippen molar-refractivity contribution in [1.29, 1.82) is 0 Å². The van der Waals surface area contributed by atoms with Crippen LogP contribution in [-0.2, 0) is 0 Å². The van der Waals surface area contributed by atoms with E-state index in [1.165, 1.54) is 11.3 Å². The monoisotopic (exact) mass is 339 g/mol. The van der Waals surface area contributed by atoms with Gasteiger partial charge in [0, 0.05) is 17.6 Å². The zero-order valence-electron chi connectivity index (χ0n) is 13.0. The Hall–Kier alpha value is -3.00. The number of hydrogen-bond acceptors (Lipinski definition) is 7. The van der Waals surface area contributed by atoms with Crippen LogP contribution in [0.5, 0.6) is 11.5 Å². The van der Waals surface area contributed by atoms with E-state index in [9.17, 15) is 0 Å². The molecule has 4 aromatic rings. The lowest BCUT2D eigenvalue weighted by atomic mass is 10.2. The lowest BCUT2D eigenvalue weighted by molar-refractivity contribution is 0.355. The zero-order valence-corrected chi connectivity index (χ0v) is 13.8. The van der Waals surface area contributed by atoms with Gasteiger partial charge in [-0.05, 0) is 12.1 Å². The Morgan fingerprint density at radius 3 is 2.67 bits per heavy atom. The second-order valence-electron chi connectivity index (χ2n) is 4.90. The van der Waals surface area contributed by atoms with Crippen molar-refractivity contribution < 1.29 is 9.47 Å². The third-order valence-corrected chi connectivity index (χ3v) is 4.33. The molecular weight excluding hydrogens is 326 g/mol. The van der Waals surface area contributed by atoms with Gasteiger partial charge in [0.05, 0.1) is 32.3 Å². The maximum atomic E-state index is 5.35. The van der Waals surface area contributed by atoms with Crippen molar-refractivity contribution in [3.05, 3.63) is 42.2 Å². The van der Waals surface area contributed by atoms with Crippen LogP contribution < -0.4 is 9.47 Å². The molecule has 0 unspecified atom stereocenters. The van der Waals surface area contributed by atoms with E-state index in [-0.39, 0.29) is 0 Å². The molecule has 1 aromatic carbocycles. The average Bonchev–Trinajstić information content (AvgIpc) is 3.30. The summed E-state index contributed by atoms with van der Waals surface area (Å²) < 4.78 is 12.4. The fraction of sp³-hybridized carbons (Fsp3) is 0.125. The topological polar surface area (TPSA) is 75.0 Å². The molecule has 3 heterocycles. The van der Waals surface area contributed by atoms with E-state index < -0.39 is 0 Å². The van der Waals surface area contributed by atoms with Crippen LogP contribution in [0, 0.1) is 0 Å². The molecule has 7 nitrogen and oxygen atoms in total. The highest BCUT2D eigenvalue weighted by Gasteiger charge is 2.12. The molecular formula is C16H13N5O2S. The van der Waals surface area contributed by atoms with Crippen molar-refractivity contribution in [3.63, 3.8) is 0 Å². The highest BCUT2D eigenvalue weighted by Crippen LogP contribution is 2.30. The summed E-state index contributed by atoms with van der Waals surface area (Å²) in [6.45, 7) is 0. The van der Waals surface area contributed by atoms with E-state index in [1.807, 2.05) is 23.6 Å². The largest absolute Gasteiger partial charge is 0.493 e. The van der Waals surface area contributed by atoms with E-state index >= 15 is 0 Å². The number of fused-ring (bicyclic) bond motifs is 1. The first-order valence-corrected chi connectivity index (χ1v) is 8.01. The van der Waals surface area contributed by atoms with E-state index in [1.54, 1.807) is 37.5 Å². The highest BCUT2D eigenvalue weighted by atomic mass is 32.1. The van der Waals surface area contributed by atoms with E-state index in [2.05, 4.69) is 20.1 Å². The fourth-order valence-electron chi connectivity index (χ4n) is 2.42. The molecule has 0 spiro atoms. The first-order chi connectivity index (χ1) is 11.8. The molecule has 0 bridgehead atoms. The normalized spacial score (nSPS) is 10.9. The van der Waals surface area contributed by atoms with Crippen LogP contribution in [0.15, 0.2) is 42.2 Å². The van der Waals surface area contributed by atoms with Crippen LogP contribution in [0.4, 0.5) is 0 Å². The van der Waals surface area contributed by atoms with Crippen LogP contribution in [0.1, 0.15) is 0 Å². The lowest BCUT2D eigenvalue weighted by Crippen LogP contribution is -1.99. The number of thiazole rings is 1. The van der Waals surface area contributed by atoms with Gasteiger partial charge < -0.3 is 9.47 Å². The SMILES string of the molecule is COc1ccc(-n2ncc3nc(-c4nccs4)ncc32)cc1OC. The maximum absolute atomic E-state index is 5.35. The van der Waals surface area contributed by atoms with Gasteiger partial charge >= 0.3 is 0 Å². The number of benzene rings is 1. The van der Waals surface area contributed by atoms with Gasteiger partial charge in [-0.25, -0.2) is 19.6 Å². The van der Waals surface area contributed by atoms with Crippen LogP contribution in [0.2, 0.25) is 0 Å². The Bertz CT molecular complexity index is 997. The first-order valence-electron chi connectivity index (χ1n) is 7.13. The van der Waals surface area contributed by atoms with Crippen molar-refractivity contribution in [2.45, 2.75) is 0 Å². The van der Waals surface area contributed by atoms with Crippen molar-refractivity contribution in [2.75, 3.05) is 14.2 Å². The van der Waals surface area contributed by atoms with E-state index in [4.69, 9.17) is 9.47 Å². The van der Waals surface area contributed by atoms with Crippen molar-refractivity contribution >= 4 is 22.4 Å². The number of hydrogen-bond donors (Lipinski definition) is 0. The minimum absolute atomic E-state index is 0.601. The summed E-state index contributed by atoms with van der Waals surface area (Å²) in [6.07, 6.45) is 5.20. The molecule has 3 aromatic heterocycles. The quantitative estimate of drug-likeness (QED) is 0.569. The molecule has 4 rings (SSSR count). The predicted octanol–water partition coefficient (Wildman–Crippen LogP) is 2.96. The Morgan fingerprint density at radius 2 is 1.92 bits per heavy atom. The molecule has 0 saturated carbocycles. The Labute approximate surface area is 141 Å². The molecule has 24 heavy (non-hydrogen) atoms. The molecule has 120 valence electrons. The van der Waals surface area contributed by atoms with Crippen molar-refractivity contribution in [1.82, 2.24) is 24.7 Å². The van der Waals surface area contributed by atoms with E-state index in [0.717, 1.165) is 21.7 Å². The Kier molecular flexibility index (Phi) is 3.58. The second-order valence-corrected chi connectivity index (χ2v) is 5.79. The minimum Gasteiger partial charge on any atom is -0.493 e. The van der Waals surface area contributed by atoms with Crippen LogP contribution >= 0.6 is 11.3 Å². The minimum atomic E-state index is 0.601. The van der Waals surface area contributed by atoms with Crippen molar-refractivity contribution in [2.24, 2.45) is 0 Å². The Balaban J connectivity index is 1.80. The summed E-state index contributed by atoms with van der Waals surface area (Å²) in [4.78, 5) is 13.2. The second kappa shape index (κ2) is 5.89. The van der Waals surface area contributed by atoms with E-state index in [0.29, 0.717) is 17.3 Å². The molecule has 0 fully saturated rings. The van der Waals surface area contributed by atoms with Crippen LogP contribution in [-0.4, -0.2) is 39.0 Å². The smallest absolute Gasteiger partial charge is 0.189 e. The summed E-state index contributed by atoms with van der Waals surface area (Å²) in [5.41, 5.74) is 2.40. The molecule has 0 aliphatic rings. The third-order valence-electron chi connectivity index (χ3n) is 3.56. The molecule has 8 heteroatoms. The molecule has 0 radical (unpaired) electrons. The molecule has 0 aliphatic heterocycles. The standard InChI is InChI=1S/C16H13N5O2S/c1-22-13-4-3-10(7-14(13)23-2)21-12-9-18-15(16-17-5-6-24-16)20-11(12)8-19-21/h3-9H,1-2H3. The number of rotatable bonds is 4. The fourth-order valence-corrected chi connectivity index (χ4v) is 3.00. The molecule has 0 N–H and O–H groups in total. The number of methoxy groups -OCH3 is 2. The number of aromatic nitrogens is 5. The summed E-state index contributed by atoms with van der Waals surface area (Å²) in [5.74, 6) is 1.91. The molecule has 0 amide bonds. The van der Waals surface area contributed by atoms with Crippen molar-refractivity contribution in [3.8, 4) is 28.0 Å². The lowest BCUT2D eigenvalue weighted by Gasteiger charge is -2.10. The van der Waals surface area contributed by atoms with Gasteiger partial charge in [-0.15, -0.1) is 11.3 Å². The van der Waals surface area contributed by atoms with Gasteiger partial charge in [0.2, 0.25) is 0 Å². The third kappa shape index (κ3) is 2.37. The average molecular weight is 339 g/mol. The highest BCUT2D eigenvalue weighted by molar-refractivity contribution is 7.13. The van der Waals surface area contributed by atoms with Gasteiger partial charge in [-0.1, -0.05) is 0 Å². The summed E-state index contributed by atoms with van der Waals surface area (Å²) in [5, 5.41) is 7.11. The van der Waals surface area contributed by atoms with Gasteiger partial charge in [-0.2, -0.15) is 5.10 Å². The molecule has 0 atom stereocenters. The van der Waals surface area contributed by atoms with Gasteiger partial charge in [0.1, 0.15) is 11.0 Å². The van der Waals surface area contributed by atoms with Crippen LogP contribution in [0.3, 0.4) is 0 Å². The van der Waals surface area contributed by atoms with Gasteiger partial charge in [0.15, 0.2) is 22.3 Å². The molecule has 0 saturated heterocycles. The molecule has 0 aliphatic carbocycles. The van der Waals surface area contributed by atoms with Crippen LogP contribution in [0.25, 0.3) is 27.6 Å². The van der Waals surface area contributed by atoms with Gasteiger partial charge in [-0.3, -0.25) is 0 Å². The maximum Gasteiger partial charge on any atom is 0.189 e. The zero-order chi connectivity index (χ0) is 16.5. The Morgan fingerprint density at radius 1 is 1.04 bits per heavy atom. The number of nitrogens with zero attached hydrogens (tertiary/aromatic N) is 5. The summed E-state index contributed by atoms with van der Waals surface area (Å²) in [6, 6.07) is 5.61. The predicted molar refractivity (Wildman–Crippen MR) is 90.9 cm³/mol. The summed E-state index contributed by atoms with van der Waals surface area (Å²) in [7, 11) is 3.21. The number of ether oxygens (including phenoxy) is 2. The first kappa shape index (κ1) is 14.6. The summed E-state index contributed by atoms with van der Waals surface area (Å²) >= 11 is 1.50.